The Labute approximate surface area is 220 Å². The standard InChI is InChI=1S/C24H21Cl3N2O7/c1-28-21(35)23(26)9-14-11(3-4-12-17(14)20(34)29(19(12)33)7-6-16(31)32)18(24(23,27)22(28)36)13-8-10(25)2-5-15(13)30/h2-3,5,8,12,14,17-18,30H,4,6-7,9H2,1H3,(H,31,32)/t12-,14+,17-,18+,23+,24-/m0/s1. The zero-order valence-corrected chi connectivity index (χ0v) is 21.2. The zero-order chi connectivity index (χ0) is 26.3. The minimum absolute atomic E-state index is 0.142. The van der Waals surface area contributed by atoms with Crippen molar-refractivity contribution in [3.63, 3.8) is 0 Å². The van der Waals surface area contributed by atoms with Gasteiger partial charge in [-0.3, -0.25) is 33.8 Å². The average molecular weight is 556 g/mol. The van der Waals surface area contributed by atoms with Crippen LogP contribution < -0.4 is 0 Å². The predicted octanol–water partition coefficient (Wildman–Crippen LogP) is 2.51. The Morgan fingerprint density at radius 3 is 2.47 bits per heavy atom. The third-order valence-corrected chi connectivity index (χ3v) is 9.60. The lowest BCUT2D eigenvalue weighted by molar-refractivity contribution is -0.143. The van der Waals surface area contributed by atoms with E-state index in [-0.39, 0.29) is 35.7 Å². The maximum absolute atomic E-state index is 13.4. The zero-order valence-electron chi connectivity index (χ0n) is 18.9. The van der Waals surface area contributed by atoms with Gasteiger partial charge >= 0.3 is 5.97 Å². The summed E-state index contributed by atoms with van der Waals surface area (Å²) in [4.78, 5) is 62.1. The van der Waals surface area contributed by atoms with Crippen LogP contribution in [0.1, 0.15) is 30.7 Å². The number of benzene rings is 1. The smallest absolute Gasteiger partial charge is 0.305 e. The molecule has 36 heavy (non-hydrogen) atoms. The van der Waals surface area contributed by atoms with Crippen LogP contribution >= 0.6 is 34.8 Å². The van der Waals surface area contributed by atoms with Gasteiger partial charge in [0.25, 0.3) is 11.8 Å². The van der Waals surface area contributed by atoms with E-state index in [0.29, 0.717) is 5.57 Å². The fourth-order valence-corrected chi connectivity index (χ4v) is 7.53. The van der Waals surface area contributed by atoms with Crippen molar-refractivity contribution in [1.82, 2.24) is 9.80 Å². The monoisotopic (exact) mass is 554 g/mol. The maximum atomic E-state index is 13.4. The van der Waals surface area contributed by atoms with Crippen LogP contribution in [0.15, 0.2) is 29.8 Å². The van der Waals surface area contributed by atoms with Crippen molar-refractivity contribution in [2.24, 2.45) is 17.8 Å². The minimum Gasteiger partial charge on any atom is -0.508 e. The second kappa shape index (κ2) is 8.19. The van der Waals surface area contributed by atoms with Crippen molar-refractivity contribution >= 4 is 64.4 Å². The summed E-state index contributed by atoms with van der Waals surface area (Å²) >= 11 is 20.2. The van der Waals surface area contributed by atoms with Gasteiger partial charge in [0.05, 0.1) is 18.3 Å². The number of hydrogen-bond acceptors (Lipinski definition) is 6. The normalized spacial score (nSPS) is 35.5. The molecule has 2 aliphatic heterocycles. The molecule has 0 radical (unpaired) electrons. The molecule has 2 aliphatic carbocycles. The van der Waals surface area contributed by atoms with Gasteiger partial charge in [-0.05, 0) is 37.0 Å². The van der Waals surface area contributed by atoms with Gasteiger partial charge in [-0.15, -0.1) is 23.2 Å². The lowest BCUT2D eigenvalue weighted by Gasteiger charge is -2.50. The highest BCUT2D eigenvalue weighted by molar-refractivity contribution is 6.53. The molecule has 12 heteroatoms. The summed E-state index contributed by atoms with van der Waals surface area (Å²) in [6, 6.07) is 4.23. The maximum Gasteiger partial charge on any atom is 0.305 e. The van der Waals surface area contributed by atoms with E-state index < -0.39 is 69.4 Å². The fourth-order valence-electron chi connectivity index (χ4n) is 6.34. The van der Waals surface area contributed by atoms with E-state index in [0.717, 1.165) is 9.80 Å². The average Bonchev–Trinajstić information content (AvgIpc) is 3.14. The summed E-state index contributed by atoms with van der Waals surface area (Å²) in [6.07, 6.45) is 1.27. The molecule has 6 atom stereocenters. The number of carbonyl (C=O) groups excluding carboxylic acids is 4. The van der Waals surface area contributed by atoms with Gasteiger partial charge < -0.3 is 10.2 Å². The van der Waals surface area contributed by atoms with Gasteiger partial charge in [-0.1, -0.05) is 23.3 Å². The molecule has 2 saturated heterocycles. The molecule has 2 N–H and O–H groups in total. The Balaban J connectivity index is 1.68. The van der Waals surface area contributed by atoms with Gasteiger partial charge in [0.15, 0.2) is 9.75 Å². The third kappa shape index (κ3) is 3.12. The first-order valence-corrected chi connectivity index (χ1v) is 12.4. The topological polar surface area (TPSA) is 132 Å². The summed E-state index contributed by atoms with van der Waals surface area (Å²) in [5.41, 5.74) is 0.686. The number of imide groups is 2. The lowest BCUT2D eigenvalue weighted by atomic mass is 9.56. The van der Waals surface area contributed by atoms with Crippen molar-refractivity contribution in [3.05, 3.63) is 40.4 Å². The third-order valence-electron chi connectivity index (χ3n) is 7.96. The molecule has 0 aromatic heterocycles. The van der Waals surface area contributed by atoms with Crippen molar-refractivity contribution in [3.8, 4) is 5.75 Å². The Morgan fingerprint density at radius 2 is 1.81 bits per heavy atom. The number of phenols is 1. The van der Waals surface area contributed by atoms with E-state index in [1.807, 2.05) is 0 Å². The summed E-state index contributed by atoms with van der Waals surface area (Å²) in [5.74, 6) is -7.45. The molecule has 4 amide bonds. The largest absolute Gasteiger partial charge is 0.508 e. The Hall–Kier alpha value is -2.62. The molecule has 0 unspecified atom stereocenters. The van der Waals surface area contributed by atoms with E-state index in [1.54, 1.807) is 6.08 Å². The SMILES string of the molecule is CN1C(=O)[C@]2(Cl)C[C@@H]3C(=CC[C@@H]4C(=O)N(CCC(=O)O)C(=O)[C@@H]43)[C@H](c3cc(Cl)ccc3O)[C@]2(Cl)C1=O. The first kappa shape index (κ1) is 25.0. The summed E-state index contributed by atoms with van der Waals surface area (Å²) < 4.78 is 0. The molecule has 0 bridgehead atoms. The number of phenolic OH excluding ortho intramolecular Hbond substituents is 1. The van der Waals surface area contributed by atoms with Crippen molar-refractivity contribution in [2.75, 3.05) is 13.6 Å². The van der Waals surface area contributed by atoms with E-state index >= 15 is 0 Å². The molecule has 0 spiro atoms. The first-order valence-electron chi connectivity index (χ1n) is 11.3. The molecule has 5 rings (SSSR count). The summed E-state index contributed by atoms with van der Waals surface area (Å²) in [7, 11) is 1.27. The Morgan fingerprint density at radius 1 is 1.11 bits per heavy atom. The highest BCUT2D eigenvalue weighted by atomic mass is 35.5. The molecule has 9 nitrogen and oxygen atoms in total. The number of rotatable bonds is 4. The number of hydrogen-bond donors (Lipinski definition) is 2. The van der Waals surface area contributed by atoms with Crippen LogP contribution in [0.5, 0.6) is 5.75 Å². The second-order valence-electron chi connectivity index (χ2n) is 9.67. The Kier molecular flexibility index (Phi) is 5.70. The van der Waals surface area contributed by atoms with Crippen LogP contribution in [0.4, 0.5) is 0 Å². The van der Waals surface area contributed by atoms with Gasteiger partial charge in [-0.2, -0.15) is 0 Å². The van der Waals surface area contributed by atoms with Gasteiger partial charge in [-0.25, -0.2) is 0 Å². The lowest BCUT2D eigenvalue weighted by Crippen LogP contribution is -2.60. The minimum atomic E-state index is -2.02. The van der Waals surface area contributed by atoms with Crippen molar-refractivity contribution in [2.45, 2.75) is 34.9 Å². The molecule has 4 aliphatic rings. The van der Waals surface area contributed by atoms with Crippen LogP contribution in [0.2, 0.25) is 5.02 Å². The number of allylic oxidation sites excluding steroid dienone is 2. The number of carboxylic acids is 1. The quantitative estimate of drug-likeness (QED) is 0.331. The highest BCUT2D eigenvalue weighted by Crippen LogP contribution is 2.66. The molecule has 1 aromatic carbocycles. The van der Waals surface area contributed by atoms with E-state index in [2.05, 4.69) is 0 Å². The van der Waals surface area contributed by atoms with Crippen LogP contribution in [0.25, 0.3) is 0 Å². The molecule has 1 aromatic rings. The number of halogens is 3. The van der Waals surface area contributed by atoms with Gasteiger partial charge in [0.1, 0.15) is 5.75 Å². The van der Waals surface area contributed by atoms with Gasteiger partial charge in [0, 0.05) is 30.1 Å². The molecule has 190 valence electrons. The number of amides is 4. The van der Waals surface area contributed by atoms with Crippen LogP contribution in [-0.2, 0) is 24.0 Å². The van der Waals surface area contributed by atoms with Crippen molar-refractivity contribution in [1.29, 1.82) is 0 Å². The van der Waals surface area contributed by atoms with Crippen LogP contribution in [0, 0.1) is 17.8 Å². The van der Waals surface area contributed by atoms with E-state index in [1.165, 1.54) is 25.2 Å². The predicted molar refractivity (Wildman–Crippen MR) is 128 cm³/mol. The number of fused-ring (bicyclic) bond motifs is 4. The number of carboxylic acid groups (broad SMARTS) is 1. The van der Waals surface area contributed by atoms with Crippen molar-refractivity contribution < 1.29 is 34.2 Å². The number of nitrogens with zero attached hydrogens (tertiary/aromatic N) is 2. The number of likely N-dealkylation sites (tertiary alicyclic amines) is 2. The van der Waals surface area contributed by atoms with Gasteiger partial charge in [0.2, 0.25) is 11.8 Å². The van der Waals surface area contributed by atoms with E-state index in [9.17, 15) is 29.1 Å². The number of carbonyl (C=O) groups is 5. The summed E-state index contributed by atoms with van der Waals surface area (Å²) in [6.45, 7) is -0.272. The second-order valence-corrected chi connectivity index (χ2v) is 11.4. The fraction of sp³-hybridized carbons (Fsp3) is 0.458. The summed E-state index contributed by atoms with van der Waals surface area (Å²) in [5, 5.41) is 20.1. The van der Waals surface area contributed by atoms with Crippen LogP contribution in [0.3, 0.4) is 0 Å². The van der Waals surface area contributed by atoms with E-state index in [4.69, 9.17) is 39.9 Å². The highest BCUT2D eigenvalue weighted by Gasteiger charge is 2.76. The molecule has 3 fully saturated rings. The first-order chi connectivity index (χ1) is 16.8. The Bertz CT molecular complexity index is 1280. The molecule has 2 heterocycles. The number of alkyl halides is 2. The molecular weight excluding hydrogens is 535 g/mol. The van der Waals surface area contributed by atoms with Crippen LogP contribution in [-0.4, -0.2) is 73.0 Å². The molecule has 1 saturated carbocycles. The number of aromatic hydroxyl groups is 1. The number of aliphatic carboxylic acids is 1. The molecular formula is C24H21Cl3N2O7.